The van der Waals surface area contributed by atoms with Gasteiger partial charge in [-0.1, -0.05) is 24.3 Å². The molecule has 0 aliphatic carbocycles. The molecule has 0 saturated heterocycles. The summed E-state index contributed by atoms with van der Waals surface area (Å²) in [6, 6.07) is 17.2. The van der Waals surface area contributed by atoms with Crippen molar-refractivity contribution in [3.8, 4) is 5.69 Å². The van der Waals surface area contributed by atoms with Crippen molar-refractivity contribution in [2.75, 3.05) is 5.32 Å². The summed E-state index contributed by atoms with van der Waals surface area (Å²) < 4.78 is 1.77. The van der Waals surface area contributed by atoms with Gasteiger partial charge in [-0.25, -0.2) is 15.0 Å². The first-order valence-electron chi connectivity index (χ1n) is 8.21. The summed E-state index contributed by atoms with van der Waals surface area (Å²) in [6.07, 6.45) is 3.28. The molecular formula is C20H18N4O3. The van der Waals surface area contributed by atoms with Crippen molar-refractivity contribution in [1.29, 1.82) is 0 Å². The molecule has 0 aliphatic heterocycles. The summed E-state index contributed by atoms with van der Waals surface area (Å²) in [5, 5.41) is 15.8. The van der Waals surface area contributed by atoms with Crippen molar-refractivity contribution in [1.82, 2.24) is 9.99 Å². The molecule has 1 heterocycles. The van der Waals surface area contributed by atoms with Gasteiger partial charge in [0.1, 0.15) is 0 Å². The number of hydrogen-bond acceptors (Lipinski definition) is 3. The highest BCUT2D eigenvalue weighted by molar-refractivity contribution is 5.91. The number of hydrogen-bond donors (Lipinski definition) is 3. The number of urea groups is 1. The number of benzene rings is 2. The van der Waals surface area contributed by atoms with Crippen LogP contribution in [0, 0.1) is 6.92 Å². The van der Waals surface area contributed by atoms with Crippen molar-refractivity contribution < 1.29 is 14.7 Å². The molecule has 27 heavy (non-hydrogen) atoms. The first-order chi connectivity index (χ1) is 13.0. The summed E-state index contributed by atoms with van der Waals surface area (Å²) in [5.74, 6) is -0.992. The number of amides is 2. The van der Waals surface area contributed by atoms with E-state index < -0.39 is 12.0 Å². The van der Waals surface area contributed by atoms with E-state index in [1.165, 1.54) is 12.3 Å². The smallest absolute Gasteiger partial charge is 0.339 e. The van der Waals surface area contributed by atoms with E-state index in [9.17, 15) is 9.59 Å². The van der Waals surface area contributed by atoms with Crippen LogP contribution in [-0.2, 0) is 0 Å². The third-order valence-corrected chi connectivity index (χ3v) is 3.91. The number of rotatable bonds is 5. The molecule has 2 amide bonds. The van der Waals surface area contributed by atoms with Crippen LogP contribution in [-0.4, -0.2) is 27.9 Å². The van der Waals surface area contributed by atoms with Gasteiger partial charge in [0, 0.05) is 17.6 Å². The molecule has 0 unspecified atom stereocenters. The Kier molecular flexibility index (Phi) is 5.32. The van der Waals surface area contributed by atoms with E-state index in [1.807, 2.05) is 31.2 Å². The van der Waals surface area contributed by atoms with E-state index in [2.05, 4.69) is 15.8 Å². The molecule has 0 spiro atoms. The number of para-hydroxylation sites is 1. The first kappa shape index (κ1) is 17.9. The highest BCUT2D eigenvalue weighted by Crippen LogP contribution is 2.14. The zero-order chi connectivity index (χ0) is 19.2. The lowest BCUT2D eigenvalue weighted by Crippen LogP contribution is -2.24. The van der Waals surface area contributed by atoms with Gasteiger partial charge in [0.05, 0.1) is 17.5 Å². The average molecular weight is 362 g/mol. The Labute approximate surface area is 156 Å². The molecular weight excluding hydrogens is 344 g/mol. The van der Waals surface area contributed by atoms with Crippen LogP contribution in [0.5, 0.6) is 0 Å². The third kappa shape index (κ3) is 4.40. The largest absolute Gasteiger partial charge is 0.478 e. The van der Waals surface area contributed by atoms with Crippen molar-refractivity contribution >= 4 is 23.9 Å². The second-order valence-electron chi connectivity index (χ2n) is 5.80. The first-order valence-corrected chi connectivity index (χ1v) is 8.21. The molecule has 0 saturated carbocycles. The number of carbonyl (C=O) groups excluding carboxylic acids is 1. The van der Waals surface area contributed by atoms with Crippen LogP contribution in [0.1, 0.15) is 21.6 Å². The fourth-order valence-corrected chi connectivity index (χ4v) is 2.54. The summed E-state index contributed by atoms with van der Waals surface area (Å²) in [6.45, 7) is 1.90. The molecule has 0 radical (unpaired) electrons. The van der Waals surface area contributed by atoms with Gasteiger partial charge in [-0.15, -0.1) is 0 Å². The van der Waals surface area contributed by atoms with E-state index in [-0.39, 0.29) is 5.56 Å². The minimum absolute atomic E-state index is 0.194. The number of aromatic carboxylic acids is 1. The Balaban J connectivity index is 1.69. The average Bonchev–Trinajstić information content (AvgIpc) is 3.12. The Hall–Kier alpha value is -3.87. The number of aromatic nitrogens is 1. The highest BCUT2D eigenvalue weighted by Gasteiger charge is 2.07. The number of aryl methyl sites for hydroxylation is 1. The molecule has 3 rings (SSSR count). The van der Waals surface area contributed by atoms with Gasteiger partial charge >= 0.3 is 12.0 Å². The van der Waals surface area contributed by atoms with E-state index in [0.717, 1.165) is 5.56 Å². The van der Waals surface area contributed by atoms with E-state index in [0.29, 0.717) is 17.1 Å². The summed E-state index contributed by atoms with van der Waals surface area (Å²) >= 11 is 0. The molecule has 1 aromatic heterocycles. The van der Waals surface area contributed by atoms with E-state index in [1.54, 1.807) is 41.1 Å². The maximum absolute atomic E-state index is 12.0. The summed E-state index contributed by atoms with van der Waals surface area (Å²) in [5.41, 5.74) is 5.64. The minimum atomic E-state index is -0.992. The Morgan fingerprint density at radius 3 is 2.67 bits per heavy atom. The van der Waals surface area contributed by atoms with E-state index in [4.69, 9.17) is 5.11 Å². The standard InChI is InChI=1S/C20H18N4O3/c1-14-6-2-3-10-18(14)22-20(27)23-21-13-17-9-5-11-24(17)16-8-4-7-15(12-16)19(25)26/h2-13H,1H3,(H,25,26)(H2,22,23,27). The van der Waals surface area contributed by atoms with Crippen LogP contribution >= 0.6 is 0 Å². The molecule has 0 atom stereocenters. The van der Waals surface area contributed by atoms with Gasteiger partial charge in [-0.3, -0.25) is 0 Å². The SMILES string of the molecule is Cc1ccccc1NC(=O)NN=Cc1cccn1-c1cccc(C(=O)O)c1. The van der Waals surface area contributed by atoms with Gasteiger partial charge in [-0.05, 0) is 48.9 Å². The van der Waals surface area contributed by atoms with Crippen LogP contribution in [0.4, 0.5) is 10.5 Å². The normalized spacial score (nSPS) is 10.7. The predicted octanol–water partition coefficient (Wildman–Crippen LogP) is 3.64. The van der Waals surface area contributed by atoms with Crippen molar-refractivity contribution in [3.05, 3.63) is 83.7 Å². The number of nitrogens with zero attached hydrogens (tertiary/aromatic N) is 2. The van der Waals surface area contributed by atoms with Gasteiger partial charge < -0.3 is 15.0 Å². The predicted molar refractivity (Wildman–Crippen MR) is 104 cm³/mol. The maximum Gasteiger partial charge on any atom is 0.339 e. The van der Waals surface area contributed by atoms with Gasteiger partial charge in [0.2, 0.25) is 0 Å². The number of nitrogens with one attached hydrogen (secondary N) is 2. The van der Waals surface area contributed by atoms with Gasteiger partial charge in [0.15, 0.2) is 0 Å². The number of carboxylic acids is 1. The second-order valence-corrected chi connectivity index (χ2v) is 5.80. The molecule has 0 fully saturated rings. The topological polar surface area (TPSA) is 95.7 Å². The number of carbonyl (C=O) groups is 2. The zero-order valence-corrected chi connectivity index (χ0v) is 14.6. The zero-order valence-electron chi connectivity index (χ0n) is 14.6. The molecule has 0 bridgehead atoms. The maximum atomic E-state index is 12.0. The monoisotopic (exact) mass is 362 g/mol. The second kappa shape index (κ2) is 8.01. The summed E-state index contributed by atoms with van der Waals surface area (Å²) in [4.78, 5) is 23.1. The fourth-order valence-electron chi connectivity index (χ4n) is 2.54. The summed E-state index contributed by atoms with van der Waals surface area (Å²) in [7, 11) is 0. The molecule has 7 nitrogen and oxygen atoms in total. The van der Waals surface area contributed by atoms with Gasteiger partial charge in [0.25, 0.3) is 0 Å². The van der Waals surface area contributed by atoms with Crippen molar-refractivity contribution in [2.24, 2.45) is 5.10 Å². The van der Waals surface area contributed by atoms with Crippen LogP contribution in [0.3, 0.4) is 0 Å². The Morgan fingerprint density at radius 1 is 1.07 bits per heavy atom. The quantitative estimate of drug-likeness (QED) is 0.478. The van der Waals surface area contributed by atoms with Gasteiger partial charge in [-0.2, -0.15) is 5.10 Å². The molecule has 3 aromatic rings. The van der Waals surface area contributed by atoms with Crippen LogP contribution in [0.25, 0.3) is 5.69 Å². The lowest BCUT2D eigenvalue weighted by molar-refractivity contribution is 0.0697. The Morgan fingerprint density at radius 2 is 1.89 bits per heavy atom. The number of anilines is 1. The fraction of sp³-hybridized carbons (Fsp3) is 0.0500. The molecule has 0 aliphatic rings. The molecule has 2 aromatic carbocycles. The highest BCUT2D eigenvalue weighted by atomic mass is 16.4. The lowest BCUT2D eigenvalue weighted by Gasteiger charge is -2.08. The van der Waals surface area contributed by atoms with Crippen molar-refractivity contribution in [3.63, 3.8) is 0 Å². The molecule has 7 heteroatoms. The van der Waals surface area contributed by atoms with Crippen LogP contribution in [0.15, 0.2) is 72.0 Å². The third-order valence-electron chi connectivity index (χ3n) is 3.91. The number of hydrazone groups is 1. The molecule has 3 N–H and O–H groups in total. The van der Waals surface area contributed by atoms with Crippen LogP contribution < -0.4 is 10.7 Å². The molecule has 136 valence electrons. The Bertz CT molecular complexity index is 1010. The van der Waals surface area contributed by atoms with E-state index >= 15 is 0 Å². The number of carboxylic acid groups (broad SMARTS) is 1. The minimum Gasteiger partial charge on any atom is -0.478 e. The van der Waals surface area contributed by atoms with Crippen molar-refractivity contribution in [2.45, 2.75) is 6.92 Å². The lowest BCUT2D eigenvalue weighted by atomic mass is 10.2. The van der Waals surface area contributed by atoms with Crippen LogP contribution in [0.2, 0.25) is 0 Å².